The van der Waals surface area contributed by atoms with E-state index in [1.165, 1.54) is 32.6 Å². The first-order valence-electron chi connectivity index (χ1n) is 15.6. The van der Waals surface area contributed by atoms with Gasteiger partial charge in [0, 0.05) is 43.6 Å². The highest BCUT2D eigenvalue weighted by atomic mass is 15.1. The molecule has 0 N–H and O–H groups in total. The standard InChI is InChI=1S/C42H26N4/c1-2-12-30-27(11-1)23-26-35-40(30)43-41(44-42(35)46-38-19-9-5-15-33(38)34-16-6-10-20-39(34)46)28-21-24-29(25-22-28)45-36-17-7-3-13-31(36)32-14-4-8-18-37(32)45/h1-26H. The number of aromatic nitrogens is 4. The maximum Gasteiger partial charge on any atom is 0.162 e. The molecule has 214 valence electrons. The summed E-state index contributed by atoms with van der Waals surface area (Å²) in [4.78, 5) is 10.6. The molecule has 0 atom stereocenters. The number of benzene rings is 7. The van der Waals surface area contributed by atoms with E-state index in [2.05, 4.69) is 167 Å². The largest absolute Gasteiger partial charge is 0.309 e. The topological polar surface area (TPSA) is 35.6 Å². The van der Waals surface area contributed by atoms with Gasteiger partial charge in [-0.1, -0.05) is 103 Å². The van der Waals surface area contributed by atoms with Crippen molar-refractivity contribution in [1.29, 1.82) is 0 Å². The molecule has 10 aromatic rings. The van der Waals surface area contributed by atoms with Crippen LogP contribution in [0, 0.1) is 0 Å². The lowest BCUT2D eigenvalue weighted by Gasteiger charge is -2.14. The predicted octanol–water partition coefficient (Wildman–Crippen LogP) is 10.6. The Kier molecular flexibility index (Phi) is 5.25. The van der Waals surface area contributed by atoms with Gasteiger partial charge in [0.25, 0.3) is 0 Å². The van der Waals surface area contributed by atoms with Crippen LogP contribution >= 0.6 is 0 Å². The Bertz CT molecular complexity index is 2700. The van der Waals surface area contributed by atoms with Crippen molar-refractivity contribution in [2.45, 2.75) is 0 Å². The molecular formula is C42H26N4. The van der Waals surface area contributed by atoms with Crippen molar-refractivity contribution in [2.75, 3.05) is 0 Å². The summed E-state index contributed by atoms with van der Waals surface area (Å²) in [6.45, 7) is 0. The van der Waals surface area contributed by atoms with Crippen LogP contribution in [0.1, 0.15) is 0 Å². The number of rotatable bonds is 3. The average Bonchev–Trinajstić information content (AvgIpc) is 3.64. The minimum atomic E-state index is 0.703. The summed E-state index contributed by atoms with van der Waals surface area (Å²) in [6.07, 6.45) is 0. The molecular weight excluding hydrogens is 560 g/mol. The van der Waals surface area contributed by atoms with Crippen LogP contribution in [-0.4, -0.2) is 19.1 Å². The monoisotopic (exact) mass is 586 g/mol. The molecule has 0 saturated heterocycles. The molecule has 0 unspecified atom stereocenters. The Morgan fingerprint density at radius 1 is 0.348 bits per heavy atom. The molecule has 0 bridgehead atoms. The first-order chi connectivity index (χ1) is 22.8. The molecule has 0 amide bonds. The summed E-state index contributed by atoms with van der Waals surface area (Å²) in [5, 5.41) is 8.23. The van der Waals surface area contributed by atoms with Gasteiger partial charge in [-0.05, 0) is 60.0 Å². The summed E-state index contributed by atoms with van der Waals surface area (Å²) in [5.41, 5.74) is 7.67. The van der Waals surface area contributed by atoms with Gasteiger partial charge in [0.2, 0.25) is 0 Å². The van der Waals surface area contributed by atoms with Crippen LogP contribution in [0.5, 0.6) is 0 Å². The number of fused-ring (bicyclic) bond motifs is 9. The lowest BCUT2D eigenvalue weighted by atomic mass is 10.1. The zero-order valence-corrected chi connectivity index (χ0v) is 24.8. The molecule has 4 nitrogen and oxygen atoms in total. The second kappa shape index (κ2) is 9.62. The van der Waals surface area contributed by atoms with Crippen molar-refractivity contribution < 1.29 is 0 Å². The second-order valence-electron chi connectivity index (χ2n) is 11.8. The van der Waals surface area contributed by atoms with Gasteiger partial charge < -0.3 is 4.57 Å². The van der Waals surface area contributed by atoms with Gasteiger partial charge in [-0.2, -0.15) is 0 Å². The van der Waals surface area contributed by atoms with Crippen molar-refractivity contribution in [1.82, 2.24) is 19.1 Å². The van der Waals surface area contributed by atoms with Gasteiger partial charge in [-0.25, -0.2) is 9.97 Å². The lowest BCUT2D eigenvalue weighted by Crippen LogP contribution is -2.03. The maximum atomic E-state index is 5.36. The van der Waals surface area contributed by atoms with Gasteiger partial charge in [0.15, 0.2) is 5.82 Å². The van der Waals surface area contributed by atoms with Crippen LogP contribution < -0.4 is 0 Å². The predicted molar refractivity (Wildman–Crippen MR) is 191 cm³/mol. The van der Waals surface area contributed by atoms with E-state index in [1.807, 2.05) is 0 Å². The summed E-state index contributed by atoms with van der Waals surface area (Å²) in [5.74, 6) is 1.59. The molecule has 0 spiro atoms. The van der Waals surface area contributed by atoms with Crippen molar-refractivity contribution in [2.24, 2.45) is 0 Å². The van der Waals surface area contributed by atoms with Crippen molar-refractivity contribution in [3.05, 3.63) is 158 Å². The number of para-hydroxylation sites is 4. The zero-order valence-electron chi connectivity index (χ0n) is 24.8. The highest BCUT2D eigenvalue weighted by Crippen LogP contribution is 2.37. The van der Waals surface area contributed by atoms with Gasteiger partial charge in [0.05, 0.1) is 27.6 Å². The van der Waals surface area contributed by atoms with Crippen LogP contribution in [0.25, 0.3) is 88.2 Å². The van der Waals surface area contributed by atoms with Gasteiger partial charge in [-0.3, -0.25) is 4.57 Å². The second-order valence-corrected chi connectivity index (χ2v) is 11.8. The van der Waals surface area contributed by atoms with E-state index in [1.54, 1.807) is 0 Å². The SMILES string of the molecule is c1ccc2c(c1)ccc1c(-n3c4ccccc4c4ccccc43)nc(-c3ccc(-n4c5ccccc5c5ccccc54)cc3)nc12. The van der Waals surface area contributed by atoms with Crippen LogP contribution in [0.4, 0.5) is 0 Å². The average molecular weight is 587 g/mol. The van der Waals surface area contributed by atoms with E-state index in [0.29, 0.717) is 5.82 Å². The smallest absolute Gasteiger partial charge is 0.162 e. The van der Waals surface area contributed by atoms with Crippen LogP contribution in [0.3, 0.4) is 0 Å². The highest BCUT2D eigenvalue weighted by molar-refractivity contribution is 6.13. The quantitative estimate of drug-likeness (QED) is 0.193. The van der Waals surface area contributed by atoms with E-state index < -0.39 is 0 Å². The summed E-state index contributed by atoms with van der Waals surface area (Å²) in [7, 11) is 0. The van der Waals surface area contributed by atoms with Crippen LogP contribution in [0.2, 0.25) is 0 Å². The molecule has 3 heterocycles. The molecule has 10 rings (SSSR count). The Morgan fingerprint density at radius 2 is 0.826 bits per heavy atom. The molecule has 46 heavy (non-hydrogen) atoms. The first-order valence-corrected chi connectivity index (χ1v) is 15.6. The number of nitrogens with zero attached hydrogens (tertiary/aromatic N) is 4. The number of hydrogen-bond acceptors (Lipinski definition) is 2. The fraction of sp³-hybridized carbons (Fsp3) is 0. The van der Waals surface area contributed by atoms with Gasteiger partial charge in [0.1, 0.15) is 5.82 Å². The fourth-order valence-electron chi connectivity index (χ4n) is 7.26. The maximum absolute atomic E-state index is 5.36. The van der Waals surface area contributed by atoms with E-state index in [9.17, 15) is 0 Å². The Labute approximate surface area is 264 Å². The molecule has 0 saturated carbocycles. The third-order valence-electron chi connectivity index (χ3n) is 9.33. The van der Waals surface area contributed by atoms with Crippen LogP contribution in [0.15, 0.2) is 158 Å². The highest BCUT2D eigenvalue weighted by Gasteiger charge is 2.19. The lowest BCUT2D eigenvalue weighted by molar-refractivity contribution is 1.08. The van der Waals surface area contributed by atoms with Crippen molar-refractivity contribution in [3.8, 4) is 22.9 Å². The van der Waals surface area contributed by atoms with E-state index in [4.69, 9.17) is 9.97 Å². The third kappa shape index (κ3) is 3.55. The summed E-state index contributed by atoms with van der Waals surface area (Å²) < 4.78 is 4.64. The first kappa shape index (κ1) is 25.1. The van der Waals surface area contributed by atoms with E-state index in [-0.39, 0.29) is 0 Å². The molecule has 0 aliphatic rings. The van der Waals surface area contributed by atoms with E-state index >= 15 is 0 Å². The summed E-state index contributed by atoms with van der Waals surface area (Å²) >= 11 is 0. The van der Waals surface area contributed by atoms with Crippen LogP contribution in [-0.2, 0) is 0 Å². The number of hydrogen-bond donors (Lipinski definition) is 0. The minimum absolute atomic E-state index is 0.703. The molecule has 3 aromatic heterocycles. The molecule has 0 aliphatic heterocycles. The Balaban J connectivity index is 1.23. The molecule has 7 aromatic carbocycles. The molecule has 0 radical (unpaired) electrons. The zero-order chi connectivity index (χ0) is 30.2. The Hall–Kier alpha value is -6.26. The summed E-state index contributed by atoms with van der Waals surface area (Å²) in [6, 6.07) is 55.9. The molecule has 0 aliphatic carbocycles. The van der Waals surface area contributed by atoms with Gasteiger partial charge in [-0.15, -0.1) is 0 Å². The van der Waals surface area contributed by atoms with E-state index in [0.717, 1.165) is 49.8 Å². The molecule has 0 fully saturated rings. The van der Waals surface area contributed by atoms with Crippen molar-refractivity contribution in [3.63, 3.8) is 0 Å². The minimum Gasteiger partial charge on any atom is -0.309 e. The van der Waals surface area contributed by atoms with Crippen molar-refractivity contribution >= 4 is 65.3 Å². The normalized spacial score (nSPS) is 11.9. The molecule has 4 heteroatoms. The van der Waals surface area contributed by atoms with Gasteiger partial charge >= 0.3 is 0 Å². The third-order valence-corrected chi connectivity index (χ3v) is 9.33. The fourth-order valence-corrected chi connectivity index (χ4v) is 7.26. The Morgan fingerprint density at radius 3 is 1.39 bits per heavy atom.